The minimum Gasteiger partial charge on any atom is -0.491 e. The maximum absolute atomic E-state index is 16.6. The average molecular weight is 1020 g/mol. The second-order valence-corrected chi connectivity index (χ2v) is 18.1. The van der Waals surface area contributed by atoms with Gasteiger partial charge in [0.2, 0.25) is 11.8 Å². The molecule has 388 valence electrons. The van der Waals surface area contributed by atoms with Crippen LogP contribution in [-0.2, 0) is 57.8 Å². The van der Waals surface area contributed by atoms with Gasteiger partial charge in [-0.3, -0.25) is 28.9 Å². The summed E-state index contributed by atoms with van der Waals surface area (Å²) in [4.78, 5) is 93.3. The molecule has 0 radical (unpaired) electrons. The van der Waals surface area contributed by atoms with Crippen molar-refractivity contribution < 1.29 is 67.0 Å². The van der Waals surface area contributed by atoms with Crippen molar-refractivity contribution in [1.82, 2.24) is 4.90 Å². The molecule has 9 rings (SSSR count). The van der Waals surface area contributed by atoms with Gasteiger partial charge in [-0.05, 0) is 65.2 Å². The number of ether oxygens (including phenoxy) is 7. The summed E-state index contributed by atoms with van der Waals surface area (Å²) < 4.78 is 39.1. The number of rotatable bonds is 15. The lowest BCUT2D eigenvalue weighted by molar-refractivity contribution is -0.178. The molecule has 5 aromatic carbocycles. The third-order valence-corrected chi connectivity index (χ3v) is 14.0. The Morgan fingerprint density at radius 2 is 1.45 bits per heavy atom. The predicted octanol–water partition coefficient (Wildman–Crippen LogP) is 5.69. The number of cyclic esters (lactones) is 1. The highest BCUT2D eigenvalue weighted by Gasteiger charge is 2.76. The number of aliphatic hydroxyl groups excluding tert-OH is 1. The molecule has 3 saturated heterocycles. The number of methoxy groups -OCH3 is 3. The van der Waals surface area contributed by atoms with Crippen molar-refractivity contribution in [2.45, 2.75) is 36.1 Å². The first-order valence-corrected chi connectivity index (χ1v) is 24.5. The minimum absolute atomic E-state index is 0.00663. The van der Waals surface area contributed by atoms with Crippen LogP contribution in [0.5, 0.6) is 5.75 Å². The number of amides is 3. The summed E-state index contributed by atoms with van der Waals surface area (Å²) in [5.74, 6) is -1.16. The number of hydrogen-bond donors (Lipinski definition) is 2. The molecule has 1 spiro atoms. The molecule has 0 unspecified atom stereocenters. The summed E-state index contributed by atoms with van der Waals surface area (Å²) >= 11 is 0. The lowest BCUT2D eigenvalue weighted by atomic mass is 9.65. The van der Waals surface area contributed by atoms with E-state index in [-0.39, 0.29) is 55.4 Å². The van der Waals surface area contributed by atoms with Gasteiger partial charge in [0, 0.05) is 49.1 Å². The number of hydrogen-bond acceptors (Lipinski definition) is 16. The molecular formula is C57H56N4O14. The predicted molar refractivity (Wildman–Crippen MR) is 271 cm³/mol. The van der Waals surface area contributed by atoms with E-state index in [1.807, 2.05) is 77.7 Å². The van der Waals surface area contributed by atoms with Crippen LogP contribution in [-0.4, -0.2) is 126 Å². The molecule has 4 aliphatic rings. The van der Waals surface area contributed by atoms with E-state index in [4.69, 9.17) is 33.2 Å². The fraction of sp³-hybridized carbons (Fsp3) is 0.333. The van der Waals surface area contributed by atoms with E-state index in [9.17, 15) is 19.5 Å². The van der Waals surface area contributed by atoms with Crippen LogP contribution in [0.4, 0.5) is 21.9 Å². The van der Waals surface area contributed by atoms with E-state index < -0.39 is 77.3 Å². The highest BCUT2D eigenvalue weighted by atomic mass is 16.6. The van der Waals surface area contributed by atoms with Gasteiger partial charge in [0.15, 0.2) is 5.92 Å². The van der Waals surface area contributed by atoms with Crippen molar-refractivity contribution >= 4 is 52.9 Å². The maximum Gasteiger partial charge on any atom is 0.421 e. The van der Waals surface area contributed by atoms with Gasteiger partial charge in [0.25, 0.3) is 0 Å². The van der Waals surface area contributed by atoms with E-state index in [1.165, 1.54) is 13.2 Å². The smallest absolute Gasteiger partial charge is 0.421 e. The zero-order valence-electron chi connectivity index (χ0n) is 41.5. The summed E-state index contributed by atoms with van der Waals surface area (Å²) in [6, 6.07) is 33.3. The van der Waals surface area contributed by atoms with Crippen molar-refractivity contribution in [2.24, 2.45) is 11.8 Å². The van der Waals surface area contributed by atoms with Gasteiger partial charge in [0.05, 0.1) is 64.3 Å². The lowest BCUT2D eigenvalue weighted by Crippen LogP contribution is -2.54. The van der Waals surface area contributed by atoms with Crippen LogP contribution < -0.4 is 19.9 Å². The molecule has 18 heteroatoms. The Balaban J connectivity index is 1.33. The van der Waals surface area contributed by atoms with E-state index in [0.717, 1.165) is 24.8 Å². The standard InChI is InChI=1S/C57H56N4O14/c1-69-33-34-74-56(68)60-44-26-21-36(13-12-19-42(52(64)70-2)53(65)71-3)35-43(44)57(55(60)67)46(51(63)58-39-22-24-40(25-23-39)59-27-30-72-31-28-59)48-54(66)75-49(38-16-8-5-9-17-38)47(37-14-6-4-7-15-37)61(48)50(57)41-18-10-11-20-45(41)73-32-29-62/h4-11,14-18,20-26,35,42,46-50,62H,19,27-34H2,1-3H3,(H,58,63)/t46-,47-,48-,49+,50+,57-/m1/s1. The Morgan fingerprint density at radius 3 is 2.12 bits per heavy atom. The van der Waals surface area contributed by atoms with Gasteiger partial charge in [0.1, 0.15) is 36.5 Å². The summed E-state index contributed by atoms with van der Waals surface area (Å²) in [5, 5.41) is 13.2. The number of nitrogens with zero attached hydrogens (tertiary/aromatic N) is 3. The summed E-state index contributed by atoms with van der Waals surface area (Å²) in [7, 11) is 3.71. The van der Waals surface area contributed by atoms with E-state index in [2.05, 4.69) is 22.1 Å². The Morgan fingerprint density at radius 1 is 0.787 bits per heavy atom. The first kappa shape index (κ1) is 51.8. The van der Waals surface area contributed by atoms with Crippen LogP contribution >= 0.6 is 0 Å². The van der Waals surface area contributed by atoms with Crippen LogP contribution in [0.2, 0.25) is 0 Å². The first-order chi connectivity index (χ1) is 36.6. The molecule has 6 atom stereocenters. The molecule has 0 aliphatic carbocycles. The zero-order chi connectivity index (χ0) is 52.6. The molecule has 5 aromatic rings. The Kier molecular flexibility index (Phi) is 15.9. The van der Waals surface area contributed by atoms with Crippen LogP contribution in [0.15, 0.2) is 127 Å². The van der Waals surface area contributed by atoms with E-state index >= 15 is 14.4 Å². The quantitative estimate of drug-likeness (QED) is 0.0425. The molecule has 4 heterocycles. The number of benzene rings is 5. The van der Waals surface area contributed by atoms with Crippen molar-refractivity contribution in [3.05, 3.63) is 155 Å². The number of nitrogens with one attached hydrogen (secondary N) is 1. The topological polar surface area (TPSA) is 209 Å². The van der Waals surface area contributed by atoms with Gasteiger partial charge < -0.3 is 48.5 Å². The summed E-state index contributed by atoms with van der Waals surface area (Å²) in [5.41, 5.74) is 1.05. The maximum atomic E-state index is 16.6. The average Bonchev–Trinajstić information content (AvgIpc) is 4.13. The molecule has 0 aromatic heterocycles. The van der Waals surface area contributed by atoms with Crippen molar-refractivity contribution in [3.63, 3.8) is 0 Å². The minimum atomic E-state index is -2.24. The Hall–Kier alpha value is -8.08. The van der Waals surface area contributed by atoms with Crippen molar-refractivity contribution in [3.8, 4) is 17.6 Å². The molecule has 3 fully saturated rings. The SMILES string of the molecule is COCCOC(=O)N1C(=O)[C@@]2(c3cc(C#CCC(C(=O)OC)C(=O)OC)ccc31)[C@H](c1ccccc1OCCO)N1[C@H](c3ccccc3)[C@H](c3ccccc3)OC(=O)[C@H]1[C@@H]2C(=O)Nc1ccc(N2CCOCC2)cc1. The second kappa shape index (κ2) is 23.0. The number of carbonyl (C=O) groups excluding carboxylic acids is 6. The van der Waals surface area contributed by atoms with Crippen LogP contribution in [0.25, 0.3) is 0 Å². The fourth-order valence-corrected chi connectivity index (χ4v) is 10.8. The number of anilines is 3. The van der Waals surface area contributed by atoms with Crippen LogP contribution in [0.1, 0.15) is 52.4 Å². The second-order valence-electron chi connectivity index (χ2n) is 18.1. The molecule has 3 amide bonds. The number of esters is 3. The molecule has 18 nitrogen and oxygen atoms in total. The monoisotopic (exact) mass is 1020 g/mol. The van der Waals surface area contributed by atoms with E-state index in [0.29, 0.717) is 48.7 Å². The largest absolute Gasteiger partial charge is 0.491 e. The van der Waals surface area contributed by atoms with Gasteiger partial charge >= 0.3 is 24.0 Å². The highest BCUT2D eigenvalue weighted by molar-refractivity contribution is 6.24. The first-order valence-electron chi connectivity index (χ1n) is 24.5. The molecule has 4 aliphatic heterocycles. The Bertz CT molecular complexity index is 2960. The number of morpholine rings is 2. The molecule has 75 heavy (non-hydrogen) atoms. The van der Waals surface area contributed by atoms with Gasteiger partial charge in [-0.1, -0.05) is 90.7 Å². The van der Waals surface area contributed by atoms with Gasteiger partial charge in [-0.2, -0.15) is 0 Å². The molecule has 0 bridgehead atoms. The van der Waals surface area contributed by atoms with Crippen molar-refractivity contribution in [2.75, 3.05) is 89.2 Å². The zero-order valence-corrected chi connectivity index (χ0v) is 41.5. The van der Waals surface area contributed by atoms with E-state index in [1.54, 1.807) is 48.5 Å². The Labute approximate surface area is 433 Å². The molecule has 2 N–H and O–H groups in total. The van der Waals surface area contributed by atoms with Crippen molar-refractivity contribution in [1.29, 1.82) is 0 Å². The molecule has 0 saturated carbocycles. The van der Waals surface area contributed by atoms with Gasteiger partial charge in [-0.15, -0.1) is 0 Å². The van der Waals surface area contributed by atoms with Crippen LogP contribution in [0, 0.1) is 23.7 Å². The number of para-hydroxylation sites is 1. The van der Waals surface area contributed by atoms with Gasteiger partial charge in [-0.25, -0.2) is 9.69 Å². The summed E-state index contributed by atoms with van der Waals surface area (Å²) in [6.07, 6.45) is -2.41. The van der Waals surface area contributed by atoms with Crippen LogP contribution in [0.3, 0.4) is 0 Å². The molecular weight excluding hydrogens is 965 g/mol. The third kappa shape index (κ3) is 9.90. The normalized spacial score (nSPS) is 21.9. The number of carbonyl (C=O) groups is 6. The number of fused-ring (bicyclic) bond motifs is 3. The lowest BCUT2D eigenvalue weighted by Gasteiger charge is -2.46. The fourth-order valence-electron chi connectivity index (χ4n) is 10.8. The number of imide groups is 1. The highest BCUT2D eigenvalue weighted by Crippen LogP contribution is 2.67. The number of aliphatic hydroxyl groups is 1. The summed E-state index contributed by atoms with van der Waals surface area (Å²) in [6.45, 7) is 1.66. The third-order valence-electron chi connectivity index (χ3n) is 14.0.